The Morgan fingerprint density at radius 3 is 2.74 bits per heavy atom. The fourth-order valence-electron chi connectivity index (χ4n) is 2.86. The van der Waals surface area contributed by atoms with Crippen molar-refractivity contribution >= 4 is 28.3 Å². The first-order chi connectivity index (χ1) is 9.18. The Labute approximate surface area is 115 Å². The number of aromatic nitrogens is 1. The normalized spacial score (nSPS) is 12.8. The number of hydrogen-bond acceptors (Lipinski definition) is 1. The summed E-state index contributed by atoms with van der Waals surface area (Å²) < 4.78 is 2.01. The third-order valence-electron chi connectivity index (χ3n) is 3.76. The van der Waals surface area contributed by atoms with Crippen LogP contribution in [0.2, 0.25) is 5.02 Å². The van der Waals surface area contributed by atoms with Crippen molar-refractivity contribution in [3.8, 4) is 5.69 Å². The smallest absolute Gasteiger partial charge is 0.213 e. The number of aryl methyl sites for hydroxylation is 1. The van der Waals surface area contributed by atoms with Gasteiger partial charge in [-0.3, -0.25) is 4.79 Å². The number of fused-ring (bicyclic) bond motifs is 5. The number of carbonyl (C=O) groups excluding carboxylic acids is 1. The summed E-state index contributed by atoms with van der Waals surface area (Å²) in [4.78, 5) is 12.5. The number of ketones is 1. The molecule has 19 heavy (non-hydrogen) atoms. The van der Waals surface area contributed by atoms with Gasteiger partial charge in [0.1, 0.15) is 0 Å². The van der Waals surface area contributed by atoms with Crippen LogP contribution in [0.25, 0.3) is 16.6 Å². The highest BCUT2D eigenvalue weighted by molar-refractivity contribution is 6.36. The molecule has 0 unspecified atom stereocenters. The molecule has 0 spiro atoms. The molecule has 2 heterocycles. The SMILES string of the molecule is Cc1cccc2c1cc1n2-c2cccc(Cl)c2C1=O. The van der Waals surface area contributed by atoms with Crippen LogP contribution in [0.5, 0.6) is 0 Å². The van der Waals surface area contributed by atoms with Gasteiger partial charge >= 0.3 is 0 Å². The molecule has 2 nitrogen and oxygen atoms in total. The van der Waals surface area contributed by atoms with Gasteiger partial charge in [0.2, 0.25) is 5.78 Å². The van der Waals surface area contributed by atoms with Crippen molar-refractivity contribution in [3.05, 3.63) is 64.3 Å². The van der Waals surface area contributed by atoms with Crippen molar-refractivity contribution in [1.82, 2.24) is 4.57 Å². The van der Waals surface area contributed by atoms with E-state index in [0.717, 1.165) is 16.6 Å². The lowest BCUT2D eigenvalue weighted by molar-refractivity contribution is 0.104. The van der Waals surface area contributed by atoms with Gasteiger partial charge in [0.05, 0.1) is 27.5 Å². The molecule has 2 aromatic carbocycles. The largest absolute Gasteiger partial charge is 0.305 e. The molecule has 1 aromatic heterocycles. The van der Waals surface area contributed by atoms with Crippen LogP contribution in [0, 0.1) is 6.92 Å². The quantitative estimate of drug-likeness (QED) is 0.469. The second kappa shape index (κ2) is 3.49. The molecule has 1 aliphatic heterocycles. The summed E-state index contributed by atoms with van der Waals surface area (Å²) in [6.07, 6.45) is 0. The highest BCUT2D eigenvalue weighted by atomic mass is 35.5. The van der Waals surface area contributed by atoms with Crippen LogP contribution >= 0.6 is 11.6 Å². The van der Waals surface area contributed by atoms with Gasteiger partial charge in [0, 0.05) is 5.39 Å². The number of halogens is 1. The van der Waals surface area contributed by atoms with Crippen LogP contribution in [0.3, 0.4) is 0 Å². The zero-order chi connectivity index (χ0) is 13.1. The van der Waals surface area contributed by atoms with Gasteiger partial charge in [-0.15, -0.1) is 0 Å². The summed E-state index contributed by atoms with van der Waals surface area (Å²) in [5.41, 5.74) is 4.43. The second-order valence-electron chi connectivity index (χ2n) is 4.84. The van der Waals surface area contributed by atoms with E-state index in [0.29, 0.717) is 16.3 Å². The molecule has 0 radical (unpaired) electrons. The third kappa shape index (κ3) is 1.24. The summed E-state index contributed by atoms with van der Waals surface area (Å²) in [5.74, 6) is 0.0104. The van der Waals surface area contributed by atoms with Gasteiger partial charge in [-0.2, -0.15) is 0 Å². The molecule has 0 amide bonds. The lowest BCUT2D eigenvalue weighted by Gasteiger charge is -2.05. The standard InChI is InChI=1S/C16H10ClNO/c1-9-4-2-6-12-10(9)8-14-16(19)15-11(17)5-3-7-13(15)18(12)14/h2-8H,1H3. The maximum atomic E-state index is 12.5. The molecule has 4 rings (SSSR count). The minimum atomic E-state index is 0.0104. The average Bonchev–Trinajstić information content (AvgIpc) is 2.89. The molecule has 0 atom stereocenters. The molecule has 0 bridgehead atoms. The van der Waals surface area contributed by atoms with Crippen LogP contribution in [0.1, 0.15) is 21.6 Å². The van der Waals surface area contributed by atoms with E-state index in [4.69, 9.17) is 11.6 Å². The zero-order valence-corrected chi connectivity index (χ0v) is 11.0. The minimum Gasteiger partial charge on any atom is -0.305 e. The van der Waals surface area contributed by atoms with E-state index in [-0.39, 0.29) is 5.78 Å². The van der Waals surface area contributed by atoms with E-state index < -0.39 is 0 Å². The number of carbonyl (C=O) groups is 1. The summed E-state index contributed by atoms with van der Waals surface area (Å²) in [6, 6.07) is 13.7. The summed E-state index contributed by atoms with van der Waals surface area (Å²) >= 11 is 6.16. The Hall–Kier alpha value is -2.06. The maximum Gasteiger partial charge on any atom is 0.213 e. The molecule has 1 aliphatic rings. The van der Waals surface area contributed by atoms with Gasteiger partial charge in [-0.25, -0.2) is 0 Å². The number of benzene rings is 2. The number of rotatable bonds is 0. The van der Waals surface area contributed by atoms with Crippen LogP contribution in [0.15, 0.2) is 42.5 Å². The first kappa shape index (κ1) is 10.8. The highest BCUT2D eigenvalue weighted by Gasteiger charge is 2.30. The van der Waals surface area contributed by atoms with E-state index in [1.165, 1.54) is 5.56 Å². The van der Waals surface area contributed by atoms with Gasteiger partial charge < -0.3 is 4.57 Å². The van der Waals surface area contributed by atoms with E-state index in [9.17, 15) is 4.79 Å². The second-order valence-corrected chi connectivity index (χ2v) is 5.24. The third-order valence-corrected chi connectivity index (χ3v) is 4.07. The van der Waals surface area contributed by atoms with Gasteiger partial charge in [-0.1, -0.05) is 29.8 Å². The predicted octanol–water partition coefficient (Wildman–Crippen LogP) is 4.14. The first-order valence-electron chi connectivity index (χ1n) is 6.13. The topological polar surface area (TPSA) is 22.0 Å². The van der Waals surface area contributed by atoms with E-state index in [1.807, 2.05) is 34.9 Å². The van der Waals surface area contributed by atoms with Gasteiger partial charge in [-0.05, 0) is 36.8 Å². The lowest BCUT2D eigenvalue weighted by atomic mass is 10.1. The lowest BCUT2D eigenvalue weighted by Crippen LogP contribution is -1.95. The van der Waals surface area contributed by atoms with Crippen molar-refractivity contribution in [2.45, 2.75) is 6.92 Å². The van der Waals surface area contributed by atoms with Crippen LogP contribution in [0.4, 0.5) is 0 Å². The molecule has 0 saturated heterocycles. The van der Waals surface area contributed by atoms with Crippen molar-refractivity contribution in [2.24, 2.45) is 0 Å². The van der Waals surface area contributed by atoms with Crippen LogP contribution in [-0.4, -0.2) is 10.4 Å². The Morgan fingerprint density at radius 1 is 1.11 bits per heavy atom. The maximum absolute atomic E-state index is 12.5. The Balaban J connectivity index is 2.20. The Kier molecular flexibility index (Phi) is 1.99. The van der Waals surface area contributed by atoms with Crippen molar-refractivity contribution in [3.63, 3.8) is 0 Å². The molecule has 3 aromatic rings. The fourth-order valence-corrected chi connectivity index (χ4v) is 3.11. The van der Waals surface area contributed by atoms with Gasteiger partial charge in [0.15, 0.2) is 0 Å². The summed E-state index contributed by atoms with van der Waals surface area (Å²) in [6.45, 7) is 2.06. The number of nitrogens with zero attached hydrogens (tertiary/aromatic N) is 1. The van der Waals surface area contributed by atoms with E-state index >= 15 is 0 Å². The van der Waals surface area contributed by atoms with Crippen LogP contribution < -0.4 is 0 Å². The Bertz CT molecular complexity index is 861. The molecule has 3 heteroatoms. The van der Waals surface area contributed by atoms with Gasteiger partial charge in [0.25, 0.3) is 0 Å². The van der Waals surface area contributed by atoms with E-state index in [1.54, 1.807) is 6.07 Å². The summed E-state index contributed by atoms with van der Waals surface area (Å²) in [7, 11) is 0. The van der Waals surface area contributed by atoms with E-state index in [2.05, 4.69) is 13.0 Å². The molecular formula is C16H10ClNO. The first-order valence-corrected chi connectivity index (χ1v) is 6.51. The van der Waals surface area contributed by atoms with Crippen LogP contribution in [-0.2, 0) is 0 Å². The monoisotopic (exact) mass is 267 g/mol. The van der Waals surface area contributed by atoms with Crippen molar-refractivity contribution in [2.75, 3.05) is 0 Å². The molecule has 0 fully saturated rings. The molecule has 0 N–H and O–H groups in total. The van der Waals surface area contributed by atoms with Crippen molar-refractivity contribution < 1.29 is 4.79 Å². The summed E-state index contributed by atoms with van der Waals surface area (Å²) in [5, 5.41) is 1.64. The fraction of sp³-hybridized carbons (Fsp3) is 0.0625. The number of hydrogen-bond donors (Lipinski definition) is 0. The minimum absolute atomic E-state index is 0.0104. The zero-order valence-electron chi connectivity index (χ0n) is 10.3. The molecule has 92 valence electrons. The molecule has 0 aliphatic carbocycles. The predicted molar refractivity (Wildman–Crippen MR) is 76.5 cm³/mol. The van der Waals surface area contributed by atoms with Crippen molar-refractivity contribution in [1.29, 1.82) is 0 Å². The Morgan fingerprint density at radius 2 is 1.89 bits per heavy atom. The highest BCUT2D eigenvalue weighted by Crippen LogP contribution is 2.37. The molecular weight excluding hydrogens is 258 g/mol. The average molecular weight is 268 g/mol. The molecule has 0 saturated carbocycles.